The molecular weight excluding hydrogens is 1670 g/mol. The van der Waals surface area contributed by atoms with Crippen molar-refractivity contribution in [3.8, 4) is 0 Å². The van der Waals surface area contributed by atoms with Crippen LogP contribution in [0.5, 0.6) is 0 Å². The quantitative estimate of drug-likeness (QED) is 0.0233. The number of hydrogen-bond acceptors (Lipinski definition) is 42. The first-order valence-electron chi connectivity index (χ1n) is 43.9. The van der Waals surface area contributed by atoms with E-state index in [2.05, 4.69) is 0 Å². The summed E-state index contributed by atoms with van der Waals surface area (Å²) >= 11 is 0. The van der Waals surface area contributed by atoms with E-state index in [1.54, 1.807) is 13.8 Å². The maximum Gasteiger partial charge on any atom is 0.333 e. The van der Waals surface area contributed by atoms with Gasteiger partial charge >= 0.3 is 35.8 Å². The van der Waals surface area contributed by atoms with Crippen LogP contribution in [0.25, 0.3) is 0 Å². The lowest BCUT2D eigenvalue weighted by Gasteiger charge is -2.52. The predicted octanol–water partition coefficient (Wildman–Crippen LogP) is -2.33. The minimum atomic E-state index is -2.48. The molecule has 42 heteroatoms. The van der Waals surface area contributed by atoms with Crippen LogP contribution in [0, 0.1) is 23.7 Å². The highest BCUT2D eigenvalue weighted by Gasteiger charge is 2.62. The molecule has 0 unspecified atom stereocenters. The molecule has 0 saturated carbocycles. The molecule has 8 rings (SSSR count). The fourth-order valence-corrected chi connectivity index (χ4v) is 15.2. The molecule has 0 aromatic rings. The molecule has 0 radical (unpaired) electrons. The van der Waals surface area contributed by atoms with Gasteiger partial charge in [-0.2, -0.15) is 0 Å². The standard InChI is InChI=1S/C83H138O42/c1-14-18-27-44-28-25-23-21-19-20-22-24-26-29-50(88)117-67-59(97)54(92)47(33-107-77-60(98)56(94)52(90)45(30-84)112-77)114-80(67)108-34-49-64(119-72(101)35(5)15-2)66(120-73(102)36(6)16-3)62(100)79(116-49)122-65-55(93)48(32-106-75(104)38(8)40(10)86)115-83(123-68-58(96)51(89)42(12)109-81(68)111-44)70(65)125-82-71(121-74(103)37(7)17-4)69(63(43(13)110-82)118-76(105)39(9)41(11)87)124-78-61(99)57(95)53(91)46(31-85)113-78/h16,35,37-49,51-71,77-87,89-100H,14-15,17-34H2,1-13H3/b36-16+/t35-,37-,38+,39+,40+,41+,42+,43-,44-,45+,46+,47-,48+,49+,51-,52+,53+,54-,55+,56-,57-,58-,59+,60+,61+,62+,63-,64+,65-,66+,67-,68+,69+,70+,71+,77+,78-,79-,80-,81-,82-,83-/m0/s1. The molecule has 0 aromatic heterocycles. The Labute approximate surface area is 726 Å². The van der Waals surface area contributed by atoms with Crippen molar-refractivity contribution in [2.45, 2.75) is 420 Å². The summed E-state index contributed by atoms with van der Waals surface area (Å²) in [5.41, 5.74) is -0.106. The average molecular weight is 1810 g/mol. The van der Waals surface area contributed by atoms with Crippen LogP contribution in [-0.2, 0) is 124 Å². The first kappa shape index (κ1) is 106. The molecule has 8 saturated heterocycles. The van der Waals surface area contributed by atoms with Crippen molar-refractivity contribution in [2.75, 3.05) is 33.0 Å². The Bertz CT molecular complexity index is 3320. The SMILES string of the molecule is C/C=C(\C)C(=O)O[C@@H]1[C@@H](O)[C@@H]2O[C@H]3[C@H](O)[C@@H](COC(=O)[C@H](C)[C@@H](C)O)O[C@@H](O[C@H]4[C@H](O[C@@H](CCCC)CCCCCCCCCCC(=O)O[C@@H]5[C@@H](OC[C@@H](O2)[C@H]1OC(=O)[C@@H](C)CC)O[C@@H](CO[C@@H]1O[C@H](CO)[C@@H](O)[C@H](O)[C@H]1O)[C@H](O)[C@H]5O)O[C@H](C)[C@H](O)[C@@H]4O)[C@@H]3O[C@@H]1O[C@@H](C)[C@H](OC(=O)[C@H](C)[C@@H](C)O)[C@@H](O[C@@H]2O[C@H](CO)[C@@H](O)[C@H](O)[C@H]2O)[C@H]1OC(=O)[C@@H](C)CC. The lowest BCUT2D eigenvalue weighted by atomic mass is 9.94. The van der Waals surface area contributed by atoms with Gasteiger partial charge in [-0.25, -0.2) is 4.79 Å². The van der Waals surface area contributed by atoms with Crippen molar-refractivity contribution in [3.05, 3.63) is 11.6 Å². The Kier molecular flexibility index (Phi) is 42.1. The molecular formula is C83H138O42. The molecule has 16 N–H and O–H groups in total. The minimum absolute atomic E-state index is 0.0704. The fraction of sp³-hybridized carbons (Fsp3) is 0.904. The number of allylic oxidation sites excluding steroid dienone is 1. The number of ether oxygens (including phenoxy) is 20. The van der Waals surface area contributed by atoms with Crippen LogP contribution in [0.2, 0.25) is 0 Å². The fourth-order valence-electron chi connectivity index (χ4n) is 15.2. The molecule has 4 bridgehead atoms. The molecule has 0 amide bonds. The zero-order valence-electron chi connectivity index (χ0n) is 73.2. The summed E-state index contributed by atoms with van der Waals surface area (Å²) in [5.74, 6) is -10.9. The highest BCUT2D eigenvalue weighted by atomic mass is 16.8. The lowest BCUT2D eigenvalue weighted by molar-refractivity contribution is -0.414. The predicted molar refractivity (Wildman–Crippen MR) is 421 cm³/mol. The van der Waals surface area contributed by atoms with Crippen LogP contribution in [0.15, 0.2) is 11.6 Å². The monoisotopic (exact) mass is 1810 g/mol. The number of hydrogen-bond donors (Lipinski definition) is 16. The molecule has 0 aliphatic carbocycles. The molecule has 0 spiro atoms. The van der Waals surface area contributed by atoms with Gasteiger partial charge < -0.3 is 176 Å². The zero-order valence-corrected chi connectivity index (χ0v) is 73.2. The number of rotatable bonds is 27. The highest BCUT2D eigenvalue weighted by Crippen LogP contribution is 2.42. The van der Waals surface area contributed by atoms with Crippen molar-refractivity contribution in [3.63, 3.8) is 0 Å². The van der Waals surface area contributed by atoms with Crippen LogP contribution in [0.3, 0.4) is 0 Å². The van der Waals surface area contributed by atoms with Crippen molar-refractivity contribution in [2.24, 2.45) is 23.7 Å². The summed E-state index contributed by atoms with van der Waals surface area (Å²) in [7, 11) is 0. The molecule has 0 aromatic carbocycles. The van der Waals surface area contributed by atoms with Gasteiger partial charge in [-0.15, -0.1) is 0 Å². The van der Waals surface area contributed by atoms with E-state index in [0.717, 1.165) is 19.3 Å². The van der Waals surface area contributed by atoms with Crippen molar-refractivity contribution >= 4 is 35.8 Å². The second-order valence-corrected chi connectivity index (χ2v) is 34.0. The molecule has 8 aliphatic rings. The Morgan fingerprint density at radius 3 is 1.57 bits per heavy atom. The summed E-state index contributed by atoms with van der Waals surface area (Å²) in [6, 6.07) is 0. The van der Waals surface area contributed by atoms with Crippen molar-refractivity contribution in [1.82, 2.24) is 0 Å². The topological polar surface area (TPSA) is 611 Å². The number of fused-ring (bicyclic) bond motifs is 6. The maximum absolute atomic E-state index is 14.8. The van der Waals surface area contributed by atoms with Gasteiger partial charge in [0.15, 0.2) is 74.6 Å². The van der Waals surface area contributed by atoms with Gasteiger partial charge in [0.2, 0.25) is 0 Å². The van der Waals surface area contributed by atoms with Gasteiger partial charge in [0.25, 0.3) is 0 Å². The van der Waals surface area contributed by atoms with Gasteiger partial charge in [0.1, 0.15) is 135 Å². The van der Waals surface area contributed by atoms with Crippen LogP contribution >= 0.6 is 0 Å². The van der Waals surface area contributed by atoms with E-state index in [1.165, 1.54) is 75.3 Å². The molecule has 722 valence electrons. The lowest BCUT2D eigenvalue weighted by Crippen LogP contribution is -2.70. The maximum atomic E-state index is 14.8. The van der Waals surface area contributed by atoms with Crippen molar-refractivity contribution in [1.29, 1.82) is 0 Å². The third-order valence-electron chi connectivity index (χ3n) is 24.6. The number of carbonyl (C=O) groups excluding carboxylic acids is 6. The first-order chi connectivity index (χ1) is 59.2. The smallest absolute Gasteiger partial charge is 0.333 e. The van der Waals surface area contributed by atoms with E-state index in [9.17, 15) is 110 Å². The Morgan fingerprint density at radius 1 is 0.448 bits per heavy atom. The summed E-state index contributed by atoms with van der Waals surface area (Å²) in [5, 5.41) is 183. The molecule has 125 heavy (non-hydrogen) atoms. The van der Waals surface area contributed by atoms with Gasteiger partial charge in [-0.3, -0.25) is 24.0 Å². The Morgan fingerprint density at radius 2 is 0.976 bits per heavy atom. The first-order valence-corrected chi connectivity index (χ1v) is 43.9. The van der Waals surface area contributed by atoms with Gasteiger partial charge in [0.05, 0.1) is 80.6 Å². The summed E-state index contributed by atoms with van der Waals surface area (Å²) in [4.78, 5) is 86.1. The third-order valence-corrected chi connectivity index (χ3v) is 24.6. The number of aliphatic hydroxyl groups is 16. The molecule has 8 fully saturated rings. The molecule has 8 aliphatic heterocycles. The van der Waals surface area contributed by atoms with Gasteiger partial charge in [0, 0.05) is 12.0 Å². The number of carbonyl (C=O) groups is 6. The van der Waals surface area contributed by atoms with Crippen LogP contribution in [-0.4, -0.2) is 384 Å². The average Bonchev–Trinajstić information content (AvgIpc) is 0.754. The second-order valence-electron chi connectivity index (χ2n) is 34.0. The molecule has 8 heterocycles. The van der Waals surface area contributed by atoms with E-state index in [4.69, 9.17) is 94.7 Å². The van der Waals surface area contributed by atoms with E-state index in [0.29, 0.717) is 51.4 Å². The van der Waals surface area contributed by atoms with E-state index < -0.39 is 326 Å². The van der Waals surface area contributed by atoms with Crippen LogP contribution in [0.4, 0.5) is 0 Å². The summed E-state index contributed by atoms with van der Waals surface area (Å²) < 4.78 is 127. The highest BCUT2D eigenvalue weighted by molar-refractivity contribution is 5.87. The normalized spacial score (nSPS) is 41.7. The summed E-state index contributed by atoms with van der Waals surface area (Å²) in [6.07, 6.45) is -65.8. The van der Waals surface area contributed by atoms with E-state index >= 15 is 0 Å². The number of esters is 6. The summed E-state index contributed by atoms with van der Waals surface area (Å²) in [6.45, 7) is 14.0. The zero-order chi connectivity index (χ0) is 92.3. The van der Waals surface area contributed by atoms with Crippen LogP contribution in [0.1, 0.15) is 186 Å². The van der Waals surface area contributed by atoms with Gasteiger partial charge in [-0.05, 0) is 87.5 Å². The van der Waals surface area contributed by atoms with E-state index in [1.807, 2.05) is 6.92 Å². The largest absolute Gasteiger partial charge is 0.463 e. The number of unbranched alkanes of at least 4 members (excludes halogenated alkanes) is 1. The Balaban J connectivity index is 1.37. The van der Waals surface area contributed by atoms with Crippen LogP contribution < -0.4 is 0 Å². The molecule has 42 atom stereocenters. The van der Waals surface area contributed by atoms with Gasteiger partial charge in [-0.1, -0.05) is 98.5 Å². The second kappa shape index (κ2) is 49.7. The number of aliphatic hydroxyl groups excluding tert-OH is 16. The Hall–Kier alpha value is -4.64. The van der Waals surface area contributed by atoms with E-state index in [-0.39, 0.29) is 31.3 Å². The molecule has 42 nitrogen and oxygen atoms in total. The van der Waals surface area contributed by atoms with Crippen molar-refractivity contribution < 1.29 is 205 Å². The minimum Gasteiger partial charge on any atom is -0.463 e. The third kappa shape index (κ3) is 27.3.